The number of hydrogen-bond acceptors (Lipinski definition) is 2. The van der Waals surface area contributed by atoms with E-state index in [9.17, 15) is 8.78 Å². The number of nitrogens with zero attached hydrogens (tertiary/aromatic N) is 1. The van der Waals surface area contributed by atoms with E-state index in [4.69, 9.17) is 5.73 Å². The molecule has 0 fully saturated rings. The Kier molecular flexibility index (Phi) is 2.33. The summed E-state index contributed by atoms with van der Waals surface area (Å²) in [6.45, 7) is 0. The molecule has 0 bridgehead atoms. The topological polar surface area (TPSA) is 38.9 Å². The van der Waals surface area contributed by atoms with Crippen LogP contribution in [0.2, 0.25) is 0 Å². The van der Waals surface area contributed by atoms with Crippen molar-refractivity contribution in [1.29, 1.82) is 0 Å². The number of anilines is 1. The van der Waals surface area contributed by atoms with Crippen molar-refractivity contribution in [3.8, 4) is 0 Å². The van der Waals surface area contributed by atoms with Crippen LogP contribution in [0.4, 0.5) is 14.5 Å². The molecule has 3 rings (SSSR count). The van der Waals surface area contributed by atoms with Crippen LogP contribution in [-0.2, 0) is 12.8 Å². The molecule has 1 aliphatic carbocycles. The first kappa shape index (κ1) is 10.9. The Morgan fingerprint density at radius 1 is 1.24 bits per heavy atom. The van der Waals surface area contributed by atoms with Gasteiger partial charge in [-0.05, 0) is 40.8 Å². The quantitative estimate of drug-likeness (QED) is 0.758. The zero-order chi connectivity index (χ0) is 12.2. The number of benzene rings is 1. The van der Waals surface area contributed by atoms with E-state index in [0.29, 0.717) is 11.1 Å². The van der Waals surface area contributed by atoms with Crippen LogP contribution < -0.4 is 5.73 Å². The van der Waals surface area contributed by atoms with Gasteiger partial charge in [-0.25, -0.2) is 13.8 Å². The van der Waals surface area contributed by atoms with Gasteiger partial charge in [0.15, 0.2) is 5.82 Å². The molecule has 2 aromatic rings. The fraction of sp³-hybridized carbons (Fsp3) is 0.250. The minimum absolute atomic E-state index is 0.149. The summed E-state index contributed by atoms with van der Waals surface area (Å²) in [4.78, 5) is 4.27. The third kappa shape index (κ3) is 1.45. The van der Waals surface area contributed by atoms with Crippen molar-refractivity contribution in [2.75, 3.05) is 5.73 Å². The summed E-state index contributed by atoms with van der Waals surface area (Å²) < 4.78 is 27.4. The van der Waals surface area contributed by atoms with E-state index in [1.165, 1.54) is 0 Å². The lowest BCUT2D eigenvalue weighted by atomic mass is 10.1. The van der Waals surface area contributed by atoms with Gasteiger partial charge >= 0.3 is 0 Å². The van der Waals surface area contributed by atoms with Crippen molar-refractivity contribution in [2.45, 2.75) is 19.3 Å². The monoisotopic (exact) mass is 298 g/mol. The summed E-state index contributed by atoms with van der Waals surface area (Å²) in [5.41, 5.74) is 8.38. The molecule has 17 heavy (non-hydrogen) atoms. The molecule has 1 heterocycles. The molecule has 2 nitrogen and oxygen atoms in total. The van der Waals surface area contributed by atoms with Crippen LogP contribution >= 0.6 is 15.9 Å². The standard InChI is InChI=1S/C12H9BrF2N2/c13-10-6(14)4-7(15)12-9(10)11(16)5-2-1-3-8(5)17-12/h4H,1-3H2,(H2,16,17). The summed E-state index contributed by atoms with van der Waals surface area (Å²) >= 11 is 3.11. The summed E-state index contributed by atoms with van der Waals surface area (Å²) in [5.74, 6) is -1.32. The summed E-state index contributed by atoms with van der Waals surface area (Å²) in [5, 5.41) is 0.350. The molecule has 88 valence electrons. The third-order valence-electron chi connectivity index (χ3n) is 3.18. The molecule has 0 atom stereocenters. The molecule has 0 unspecified atom stereocenters. The van der Waals surface area contributed by atoms with Gasteiger partial charge in [0, 0.05) is 22.8 Å². The fourth-order valence-electron chi connectivity index (χ4n) is 2.37. The average Bonchev–Trinajstić information content (AvgIpc) is 2.74. The van der Waals surface area contributed by atoms with Gasteiger partial charge in [-0.15, -0.1) is 0 Å². The molecule has 0 saturated heterocycles. The molecule has 5 heteroatoms. The van der Waals surface area contributed by atoms with Gasteiger partial charge in [0.25, 0.3) is 0 Å². The van der Waals surface area contributed by atoms with E-state index >= 15 is 0 Å². The number of nitrogen functional groups attached to an aromatic ring is 1. The highest BCUT2D eigenvalue weighted by Crippen LogP contribution is 2.37. The minimum Gasteiger partial charge on any atom is -0.398 e. The van der Waals surface area contributed by atoms with Crippen LogP contribution in [0.1, 0.15) is 17.7 Å². The van der Waals surface area contributed by atoms with Crippen LogP contribution in [-0.4, -0.2) is 4.98 Å². The van der Waals surface area contributed by atoms with Gasteiger partial charge in [0.2, 0.25) is 0 Å². The normalized spacial score (nSPS) is 14.3. The van der Waals surface area contributed by atoms with E-state index < -0.39 is 11.6 Å². The average molecular weight is 299 g/mol. The first-order chi connectivity index (χ1) is 8.09. The molecule has 0 saturated carbocycles. The lowest BCUT2D eigenvalue weighted by Gasteiger charge is -2.10. The van der Waals surface area contributed by atoms with Crippen molar-refractivity contribution < 1.29 is 8.78 Å². The molecule has 1 aromatic heterocycles. The number of nitrogens with two attached hydrogens (primary N) is 1. The molecule has 1 aliphatic rings. The summed E-state index contributed by atoms with van der Waals surface area (Å²) in [7, 11) is 0. The van der Waals surface area contributed by atoms with Crippen LogP contribution in [0.3, 0.4) is 0 Å². The highest BCUT2D eigenvalue weighted by Gasteiger charge is 2.22. The van der Waals surface area contributed by atoms with E-state index in [1.807, 2.05) is 0 Å². The molecule has 0 radical (unpaired) electrons. The third-order valence-corrected chi connectivity index (χ3v) is 3.95. The van der Waals surface area contributed by atoms with Gasteiger partial charge in [0.05, 0.1) is 4.47 Å². The first-order valence-electron chi connectivity index (χ1n) is 5.34. The van der Waals surface area contributed by atoms with Crippen molar-refractivity contribution in [3.63, 3.8) is 0 Å². The molecule has 1 aromatic carbocycles. The van der Waals surface area contributed by atoms with Gasteiger partial charge in [0.1, 0.15) is 11.3 Å². The van der Waals surface area contributed by atoms with Crippen LogP contribution in [0.5, 0.6) is 0 Å². The van der Waals surface area contributed by atoms with Crippen molar-refractivity contribution in [3.05, 3.63) is 33.4 Å². The summed E-state index contributed by atoms with van der Waals surface area (Å²) in [6, 6.07) is 0.834. The number of hydrogen-bond donors (Lipinski definition) is 1. The Morgan fingerprint density at radius 2 is 2.00 bits per heavy atom. The van der Waals surface area contributed by atoms with E-state index in [2.05, 4.69) is 20.9 Å². The van der Waals surface area contributed by atoms with E-state index in [1.54, 1.807) is 0 Å². The molecule has 0 amide bonds. The van der Waals surface area contributed by atoms with E-state index in [-0.39, 0.29) is 9.99 Å². The van der Waals surface area contributed by atoms with Crippen molar-refractivity contribution in [1.82, 2.24) is 4.98 Å². The largest absolute Gasteiger partial charge is 0.398 e. The number of pyridine rings is 1. The van der Waals surface area contributed by atoms with Crippen molar-refractivity contribution >= 4 is 32.5 Å². The highest BCUT2D eigenvalue weighted by atomic mass is 79.9. The van der Waals surface area contributed by atoms with Crippen LogP contribution in [0.25, 0.3) is 10.9 Å². The van der Waals surface area contributed by atoms with Crippen molar-refractivity contribution in [2.24, 2.45) is 0 Å². The maximum absolute atomic E-state index is 13.7. The Hall–Kier alpha value is -1.23. The molecule has 2 N–H and O–H groups in total. The highest BCUT2D eigenvalue weighted by molar-refractivity contribution is 9.10. The zero-order valence-corrected chi connectivity index (χ0v) is 10.4. The second kappa shape index (κ2) is 3.63. The molecule has 0 aliphatic heterocycles. The smallest absolute Gasteiger partial charge is 0.152 e. The molecule has 0 spiro atoms. The first-order valence-corrected chi connectivity index (χ1v) is 6.13. The zero-order valence-electron chi connectivity index (χ0n) is 8.86. The number of aromatic nitrogens is 1. The number of halogens is 3. The van der Waals surface area contributed by atoms with Gasteiger partial charge in [-0.2, -0.15) is 0 Å². The van der Waals surface area contributed by atoms with Gasteiger partial charge < -0.3 is 5.73 Å². The maximum Gasteiger partial charge on any atom is 0.152 e. The predicted molar refractivity (Wildman–Crippen MR) is 65.8 cm³/mol. The second-order valence-electron chi connectivity index (χ2n) is 4.18. The summed E-state index contributed by atoms with van der Waals surface area (Å²) in [6.07, 6.45) is 2.60. The van der Waals surface area contributed by atoms with Crippen LogP contribution in [0.15, 0.2) is 10.5 Å². The molecular formula is C12H9BrF2N2. The number of rotatable bonds is 0. The number of aryl methyl sites for hydroxylation is 1. The Morgan fingerprint density at radius 3 is 2.76 bits per heavy atom. The van der Waals surface area contributed by atoms with Gasteiger partial charge in [-0.1, -0.05) is 0 Å². The van der Waals surface area contributed by atoms with Gasteiger partial charge in [-0.3, -0.25) is 0 Å². The van der Waals surface area contributed by atoms with E-state index in [0.717, 1.165) is 36.6 Å². The minimum atomic E-state index is -0.665. The lowest BCUT2D eigenvalue weighted by Crippen LogP contribution is -2.01. The predicted octanol–water partition coefficient (Wildman–Crippen LogP) is 3.35. The second-order valence-corrected chi connectivity index (χ2v) is 4.98. The Balaban J connectivity index is 2.52. The fourth-order valence-corrected chi connectivity index (χ4v) is 2.88. The lowest BCUT2D eigenvalue weighted by molar-refractivity contribution is 0.586. The Labute approximate surface area is 105 Å². The Bertz CT molecular complexity index is 640. The maximum atomic E-state index is 13.7. The number of fused-ring (bicyclic) bond motifs is 2. The SMILES string of the molecule is Nc1c2c(nc3c(F)cc(F)c(Br)c13)CCC2. The molecular weight excluding hydrogens is 290 g/mol. The van der Waals surface area contributed by atoms with Crippen LogP contribution in [0, 0.1) is 11.6 Å².